The second kappa shape index (κ2) is 3.55. The van der Waals surface area contributed by atoms with E-state index in [1.807, 2.05) is 0 Å². The van der Waals surface area contributed by atoms with E-state index in [4.69, 9.17) is 0 Å². The van der Waals surface area contributed by atoms with Gasteiger partial charge in [0.25, 0.3) is 0 Å². The summed E-state index contributed by atoms with van der Waals surface area (Å²) in [5, 5.41) is 6.99. The molecule has 2 heteroatoms. The van der Waals surface area contributed by atoms with Gasteiger partial charge in [-0.3, -0.25) is 0 Å². The van der Waals surface area contributed by atoms with Crippen LogP contribution in [-0.4, -0.2) is 25.7 Å². The zero-order valence-electron chi connectivity index (χ0n) is 7.10. The lowest BCUT2D eigenvalue weighted by molar-refractivity contribution is 0.356. The molecule has 0 radical (unpaired) electrons. The Kier molecular flexibility index (Phi) is 2.44. The van der Waals surface area contributed by atoms with Crippen LogP contribution in [0.2, 0.25) is 0 Å². The van der Waals surface area contributed by atoms with Crippen molar-refractivity contribution in [1.29, 1.82) is 0 Å². The summed E-state index contributed by atoms with van der Waals surface area (Å²) in [6.45, 7) is 3.74. The van der Waals surface area contributed by atoms with Crippen LogP contribution in [0.1, 0.15) is 25.7 Å². The average molecular weight is 154 g/mol. The van der Waals surface area contributed by atoms with Crippen LogP contribution < -0.4 is 10.6 Å². The molecular formula is C9H18N2. The van der Waals surface area contributed by atoms with Gasteiger partial charge in [-0.15, -0.1) is 0 Å². The SMILES string of the molecule is C1CC(CNC2CC2)CCN1. The summed E-state index contributed by atoms with van der Waals surface area (Å²) < 4.78 is 0. The number of nitrogens with one attached hydrogen (secondary N) is 2. The first-order chi connectivity index (χ1) is 5.45. The minimum atomic E-state index is 0.893. The molecule has 2 fully saturated rings. The average Bonchev–Trinajstić information content (AvgIpc) is 2.86. The molecule has 0 aromatic carbocycles. The van der Waals surface area contributed by atoms with E-state index in [9.17, 15) is 0 Å². The van der Waals surface area contributed by atoms with E-state index in [0.717, 1.165) is 12.0 Å². The molecule has 1 heterocycles. The Labute approximate surface area is 68.7 Å². The molecular weight excluding hydrogens is 136 g/mol. The van der Waals surface area contributed by atoms with Gasteiger partial charge in [0, 0.05) is 6.04 Å². The Morgan fingerprint density at radius 2 is 1.82 bits per heavy atom. The van der Waals surface area contributed by atoms with Crippen molar-refractivity contribution in [3.05, 3.63) is 0 Å². The Balaban J connectivity index is 1.59. The molecule has 2 N–H and O–H groups in total. The number of hydrogen-bond acceptors (Lipinski definition) is 2. The lowest BCUT2D eigenvalue weighted by atomic mass is 9.98. The molecule has 0 amide bonds. The van der Waals surface area contributed by atoms with Gasteiger partial charge in [0.15, 0.2) is 0 Å². The van der Waals surface area contributed by atoms with Crippen LogP contribution in [0.5, 0.6) is 0 Å². The summed E-state index contributed by atoms with van der Waals surface area (Å²) in [7, 11) is 0. The molecule has 0 aromatic rings. The van der Waals surface area contributed by atoms with Crippen molar-refractivity contribution in [3.63, 3.8) is 0 Å². The van der Waals surface area contributed by atoms with Crippen LogP contribution in [-0.2, 0) is 0 Å². The van der Waals surface area contributed by atoms with Crippen LogP contribution in [0.15, 0.2) is 0 Å². The second-order valence-corrected chi connectivity index (χ2v) is 3.88. The lowest BCUT2D eigenvalue weighted by Gasteiger charge is -2.22. The highest BCUT2D eigenvalue weighted by atomic mass is 15.0. The quantitative estimate of drug-likeness (QED) is 0.626. The Morgan fingerprint density at radius 1 is 1.09 bits per heavy atom. The zero-order chi connectivity index (χ0) is 7.52. The summed E-state index contributed by atoms with van der Waals surface area (Å²) in [6, 6.07) is 0.893. The fourth-order valence-corrected chi connectivity index (χ4v) is 1.71. The summed E-state index contributed by atoms with van der Waals surface area (Å²) in [5.41, 5.74) is 0. The predicted octanol–water partition coefficient (Wildman–Crippen LogP) is 0.738. The van der Waals surface area contributed by atoms with Crippen LogP contribution in [0, 0.1) is 5.92 Å². The third-order valence-corrected chi connectivity index (χ3v) is 2.73. The third-order valence-electron chi connectivity index (χ3n) is 2.73. The highest BCUT2D eigenvalue weighted by Crippen LogP contribution is 2.20. The van der Waals surface area contributed by atoms with Crippen molar-refractivity contribution in [2.45, 2.75) is 31.7 Å². The molecule has 2 aliphatic rings. The van der Waals surface area contributed by atoms with E-state index < -0.39 is 0 Å². The Bertz CT molecular complexity index is 115. The number of rotatable bonds is 3. The second-order valence-electron chi connectivity index (χ2n) is 3.88. The molecule has 1 saturated heterocycles. The van der Waals surface area contributed by atoms with E-state index in [-0.39, 0.29) is 0 Å². The predicted molar refractivity (Wildman–Crippen MR) is 46.6 cm³/mol. The Morgan fingerprint density at radius 3 is 2.45 bits per heavy atom. The molecule has 11 heavy (non-hydrogen) atoms. The van der Waals surface area contributed by atoms with Gasteiger partial charge >= 0.3 is 0 Å². The highest BCUT2D eigenvalue weighted by molar-refractivity contribution is 4.82. The molecule has 2 rings (SSSR count). The standard InChI is InChI=1S/C9H18N2/c1-2-9(1)11-7-8-3-5-10-6-4-8/h8-11H,1-7H2. The maximum atomic E-state index is 3.60. The van der Waals surface area contributed by atoms with Crippen molar-refractivity contribution in [1.82, 2.24) is 10.6 Å². The van der Waals surface area contributed by atoms with Crippen LogP contribution in [0.25, 0.3) is 0 Å². The minimum Gasteiger partial charge on any atom is -0.317 e. The molecule has 1 saturated carbocycles. The Hall–Kier alpha value is -0.0800. The summed E-state index contributed by atoms with van der Waals surface area (Å²) in [6.07, 6.45) is 5.59. The fraction of sp³-hybridized carbons (Fsp3) is 1.00. The van der Waals surface area contributed by atoms with E-state index >= 15 is 0 Å². The smallest absolute Gasteiger partial charge is 0.00683 e. The third kappa shape index (κ3) is 2.46. The number of piperidine rings is 1. The van der Waals surface area contributed by atoms with Crippen LogP contribution in [0.3, 0.4) is 0 Å². The highest BCUT2D eigenvalue weighted by Gasteiger charge is 2.22. The van der Waals surface area contributed by atoms with Crippen molar-refractivity contribution in [2.24, 2.45) is 5.92 Å². The fourth-order valence-electron chi connectivity index (χ4n) is 1.71. The van der Waals surface area contributed by atoms with Crippen molar-refractivity contribution in [3.8, 4) is 0 Å². The van der Waals surface area contributed by atoms with Gasteiger partial charge in [-0.1, -0.05) is 0 Å². The van der Waals surface area contributed by atoms with Crippen molar-refractivity contribution in [2.75, 3.05) is 19.6 Å². The summed E-state index contributed by atoms with van der Waals surface area (Å²) >= 11 is 0. The van der Waals surface area contributed by atoms with E-state index in [0.29, 0.717) is 0 Å². The lowest BCUT2D eigenvalue weighted by Crippen LogP contribution is -2.34. The first-order valence-corrected chi connectivity index (χ1v) is 4.89. The first-order valence-electron chi connectivity index (χ1n) is 4.89. The molecule has 0 bridgehead atoms. The topological polar surface area (TPSA) is 24.1 Å². The maximum absolute atomic E-state index is 3.60. The van der Waals surface area contributed by atoms with E-state index in [2.05, 4.69) is 10.6 Å². The van der Waals surface area contributed by atoms with Gasteiger partial charge in [-0.25, -0.2) is 0 Å². The zero-order valence-corrected chi connectivity index (χ0v) is 7.10. The van der Waals surface area contributed by atoms with Gasteiger partial charge in [0.2, 0.25) is 0 Å². The molecule has 2 nitrogen and oxygen atoms in total. The van der Waals surface area contributed by atoms with E-state index in [1.54, 1.807) is 0 Å². The molecule has 0 aromatic heterocycles. The van der Waals surface area contributed by atoms with Crippen molar-refractivity contribution >= 4 is 0 Å². The molecule has 0 spiro atoms. The normalized spacial score (nSPS) is 27.3. The van der Waals surface area contributed by atoms with Gasteiger partial charge in [-0.05, 0) is 51.2 Å². The molecule has 64 valence electrons. The maximum Gasteiger partial charge on any atom is 0.00683 e. The van der Waals surface area contributed by atoms with Crippen LogP contribution >= 0.6 is 0 Å². The summed E-state index contributed by atoms with van der Waals surface area (Å²) in [5.74, 6) is 0.955. The molecule has 1 aliphatic heterocycles. The number of hydrogen-bond donors (Lipinski definition) is 2. The van der Waals surface area contributed by atoms with Gasteiger partial charge < -0.3 is 10.6 Å². The van der Waals surface area contributed by atoms with Crippen LogP contribution in [0.4, 0.5) is 0 Å². The first kappa shape index (κ1) is 7.56. The van der Waals surface area contributed by atoms with Gasteiger partial charge in [0.05, 0.1) is 0 Å². The van der Waals surface area contributed by atoms with Gasteiger partial charge in [0.1, 0.15) is 0 Å². The molecule has 0 atom stereocenters. The van der Waals surface area contributed by atoms with Crippen molar-refractivity contribution < 1.29 is 0 Å². The minimum absolute atomic E-state index is 0.893. The molecule has 0 unspecified atom stereocenters. The van der Waals surface area contributed by atoms with E-state index in [1.165, 1.54) is 45.3 Å². The largest absolute Gasteiger partial charge is 0.317 e. The van der Waals surface area contributed by atoms with Gasteiger partial charge in [-0.2, -0.15) is 0 Å². The monoisotopic (exact) mass is 154 g/mol. The summed E-state index contributed by atoms with van der Waals surface area (Å²) in [4.78, 5) is 0. The molecule has 1 aliphatic carbocycles.